The van der Waals surface area contributed by atoms with Crippen molar-refractivity contribution in [3.8, 4) is 0 Å². The van der Waals surface area contributed by atoms with Gasteiger partial charge in [-0.05, 0) is 50.1 Å². The maximum atomic E-state index is 12.3. The van der Waals surface area contributed by atoms with Crippen molar-refractivity contribution >= 4 is 28.3 Å². The first-order valence-corrected chi connectivity index (χ1v) is 9.69. The van der Waals surface area contributed by atoms with Crippen LogP contribution >= 0.6 is 12.4 Å². The van der Waals surface area contributed by atoms with Crippen molar-refractivity contribution in [3.05, 3.63) is 28.8 Å². The van der Waals surface area contributed by atoms with Crippen LogP contribution in [0.15, 0.2) is 17.0 Å². The van der Waals surface area contributed by atoms with E-state index in [4.69, 9.17) is 5.14 Å². The minimum absolute atomic E-state index is 0. The topological polar surface area (TPSA) is 105 Å². The van der Waals surface area contributed by atoms with E-state index in [1.54, 1.807) is 19.9 Å². The maximum Gasteiger partial charge on any atom is 0.251 e. The molecule has 0 unspecified atom stereocenters. The van der Waals surface area contributed by atoms with Gasteiger partial charge in [0.15, 0.2) is 0 Å². The number of hydrogen-bond donors (Lipinski definition) is 3. The van der Waals surface area contributed by atoms with Crippen molar-refractivity contribution in [1.29, 1.82) is 0 Å². The molecule has 0 atom stereocenters. The molecule has 0 aliphatic carbocycles. The molecular formula is C16H27ClN4O3S. The number of carbonyl (C=O) groups excluding carboxylic acids is 1. The molecule has 1 fully saturated rings. The van der Waals surface area contributed by atoms with E-state index in [-0.39, 0.29) is 23.2 Å². The second kappa shape index (κ2) is 9.49. The Kier molecular flexibility index (Phi) is 8.30. The van der Waals surface area contributed by atoms with E-state index in [0.717, 1.165) is 44.7 Å². The van der Waals surface area contributed by atoms with Gasteiger partial charge in [0.2, 0.25) is 10.0 Å². The van der Waals surface area contributed by atoms with Gasteiger partial charge in [-0.3, -0.25) is 4.79 Å². The maximum absolute atomic E-state index is 12.3. The normalized spacial score (nSPS) is 15.5. The summed E-state index contributed by atoms with van der Waals surface area (Å²) in [7, 11) is -3.84. The molecule has 0 aromatic heterocycles. The zero-order valence-corrected chi connectivity index (χ0v) is 16.3. The summed E-state index contributed by atoms with van der Waals surface area (Å²) in [6.45, 7) is 9.02. The van der Waals surface area contributed by atoms with Gasteiger partial charge in [-0.15, -0.1) is 12.4 Å². The number of sulfonamides is 1. The highest BCUT2D eigenvalue weighted by Gasteiger charge is 2.17. The number of nitrogens with two attached hydrogens (primary N) is 1. The average molecular weight is 391 g/mol. The van der Waals surface area contributed by atoms with Gasteiger partial charge < -0.3 is 15.5 Å². The number of aryl methyl sites for hydroxylation is 1. The Morgan fingerprint density at radius 1 is 1.28 bits per heavy atom. The number of amides is 1. The summed E-state index contributed by atoms with van der Waals surface area (Å²) in [6.07, 6.45) is 0.860. The number of carbonyl (C=O) groups is 1. The van der Waals surface area contributed by atoms with Crippen LogP contribution in [0.5, 0.6) is 0 Å². The number of piperazine rings is 1. The first kappa shape index (κ1) is 21.9. The standard InChI is InChI=1S/C16H26N4O3S.ClH/c1-12-10-14(11-15(13(12)2)24(17,22)23)16(21)19-4-3-7-20-8-5-18-6-9-20;/h10-11,18H,3-9H2,1-2H3,(H,19,21)(H2,17,22,23);1H. The summed E-state index contributed by atoms with van der Waals surface area (Å²) in [5.41, 5.74) is 1.63. The number of nitrogens with one attached hydrogen (secondary N) is 2. The van der Waals surface area contributed by atoms with Crippen LogP contribution in [0.2, 0.25) is 0 Å². The van der Waals surface area contributed by atoms with Gasteiger partial charge in [-0.2, -0.15) is 0 Å². The molecule has 7 nitrogen and oxygen atoms in total. The largest absolute Gasteiger partial charge is 0.352 e. The highest BCUT2D eigenvalue weighted by molar-refractivity contribution is 7.89. The van der Waals surface area contributed by atoms with Gasteiger partial charge in [0.25, 0.3) is 5.91 Å². The Labute approximate surface area is 155 Å². The van der Waals surface area contributed by atoms with Gasteiger partial charge in [0, 0.05) is 38.3 Å². The van der Waals surface area contributed by atoms with E-state index in [1.165, 1.54) is 6.07 Å². The fourth-order valence-electron chi connectivity index (χ4n) is 2.80. The Bertz CT molecular complexity index is 704. The van der Waals surface area contributed by atoms with Gasteiger partial charge in [-0.1, -0.05) is 0 Å². The summed E-state index contributed by atoms with van der Waals surface area (Å²) in [4.78, 5) is 14.6. The number of primary sulfonamides is 1. The summed E-state index contributed by atoms with van der Waals surface area (Å²) < 4.78 is 23.3. The molecule has 9 heteroatoms. The third-order valence-electron chi connectivity index (χ3n) is 4.33. The van der Waals surface area contributed by atoms with E-state index in [2.05, 4.69) is 15.5 Å². The number of rotatable bonds is 6. The molecule has 1 aromatic rings. The summed E-state index contributed by atoms with van der Waals surface area (Å²) in [6, 6.07) is 3.04. The van der Waals surface area contributed by atoms with E-state index in [9.17, 15) is 13.2 Å². The van der Waals surface area contributed by atoms with Gasteiger partial charge in [0.1, 0.15) is 0 Å². The first-order chi connectivity index (χ1) is 11.3. The van der Waals surface area contributed by atoms with Crippen molar-refractivity contribution in [2.45, 2.75) is 25.2 Å². The number of benzene rings is 1. The minimum Gasteiger partial charge on any atom is -0.352 e. The van der Waals surface area contributed by atoms with Crippen LogP contribution < -0.4 is 15.8 Å². The third kappa shape index (κ3) is 6.23. The van der Waals surface area contributed by atoms with Crippen LogP contribution in [0.25, 0.3) is 0 Å². The van der Waals surface area contributed by atoms with Crippen molar-refractivity contribution in [3.63, 3.8) is 0 Å². The summed E-state index contributed by atoms with van der Waals surface area (Å²) >= 11 is 0. The lowest BCUT2D eigenvalue weighted by molar-refractivity contribution is 0.0951. The highest BCUT2D eigenvalue weighted by Crippen LogP contribution is 2.20. The summed E-state index contributed by atoms with van der Waals surface area (Å²) in [5.74, 6) is -0.275. The summed E-state index contributed by atoms with van der Waals surface area (Å²) in [5, 5.41) is 11.4. The zero-order valence-electron chi connectivity index (χ0n) is 14.7. The van der Waals surface area contributed by atoms with Crippen LogP contribution in [0.1, 0.15) is 27.9 Å². The molecule has 0 spiro atoms. The molecule has 1 aliphatic heterocycles. The Morgan fingerprint density at radius 3 is 2.52 bits per heavy atom. The number of nitrogens with zero attached hydrogens (tertiary/aromatic N) is 1. The fourth-order valence-corrected chi connectivity index (χ4v) is 3.67. The predicted octanol–water partition coefficient (Wildman–Crippen LogP) is 0.398. The molecule has 1 aliphatic rings. The third-order valence-corrected chi connectivity index (χ3v) is 5.37. The molecule has 0 saturated carbocycles. The molecule has 142 valence electrons. The molecule has 2 rings (SSSR count). The van der Waals surface area contributed by atoms with Crippen LogP contribution in [0.4, 0.5) is 0 Å². The van der Waals surface area contributed by atoms with E-state index in [0.29, 0.717) is 17.7 Å². The molecular weight excluding hydrogens is 364 g/mol. The monoisotopic (exact) mass is 390 g/mol. The quantitative estimate of drug-likeness (QED) is 0.610. The average Bonchev–Trinajstić information content (AvgIpc) is 2.53. The van der Waals surface area contributed by atoms with Crippen LogP contribution in [0, 0.1) is 13.8 Å². The lowest BCUT2D eigenvalue weighted by Gasteiger charge is -2.27. The smallest absolute Gasteiger partial charge is 0.251 e. The van der Waals surface area contributed by atoms with Crippen LogP contribution in [0.3, 0.4) is 0 Å². The second-order valence-corrected chi connectivity index (χ2v) is 7.69. The Morgan fingerprint density at radius 2 is 1.92 bits per heavy atom. The number of hydrogen-bond acceptors (Lipinski definition) is 5. The fraction of sp³-hybridized carbons (Fsp3) is 0.562. The lowest BCUT2D eigenvalue weighted by atomic mass is 10.1. The molecule has 1 amide bonds. The lowest BCUT2D eigenvalue weighted by Crippen LogP contribution is -2.44. The Hall–Kier alpha value is -1.19. The predicted molar refractivity (Wildman–Crippen MR) is 101 cm³/mol. The highest BCUT2D eigenvalue weighted by atomic mass is 35.5. The van der Waals surface area contributed by atoms with E-state index in [1.807, 2.05) is 0 Å². The molecule has 25 heavy (non-hydrogen) atoms. The molecule has 0 bridgehead atoms. The second-order valence-electron chi connectivity index (χ2n) is 6.16. The Balaban J connectivity index is 0.00000312. The van der Waals surface area contributed by atoms with Gasteiger partial charge >= 0.3 is 0 Å². The van der Waals surface area contributed by atoms with Crippen molar-refractivity contribution in [2.24, 2.45) is 5.14 Å². The van der Waals surface area contributed by atoms with Crippen molar-refractivity contribution in [2.75, 3.05) is 39.3 Å². The minimum atomic E-state index is -3.84. The number of halogens is 1. The molecule has 0 radical (unpaired) electrons. The van der Waals surface area contributed by atoms with E-state index >= 15 is 0 Å². The molecule has 4 N–H and O–H groups in total. The molecule has 1 aromatic carbocycles. The SMILES string of the molecule is Cc1cc(C(=O)NCCCN2CCNCC2)cc(S(N)(=O)=O)c1C.Cl. The first-order valence-electron chi connectivity index (χ1n) is 8.14. The van der Waals surface area contributed by atoms with Crippen LogP contribution in [-0.4, -0.2) is 58.5 Å². The van der Waals surface area contributed by atoms with Gasteiger partial charge in [0.05, 0.1) is 4.90 Å². The molecule has 1 heterocycles. The van der Waals surface area contributed by atoms with Gasteiger partial charge in [-0.25, -0.2) is 13.6 Å². The van der Waals surface area contributed by atoms with Crippen LogP contribution in [-0.2, 0) is 10.0 Å². The zero-order chi connectivity index (χ0) is 17.7. The molecule has 1 saturated heterocycles. The van der Waals surface area contributed by atoms with E-state index < -0.39 is 10.0 Å². The van der Waals surface area contributed by atoms with Crippen molar-refractivity contribution in [1.82, 2.24) is 15.5 Å². The van der Waals surface area contributed by atoms with Crippen molar-refractivity contribution < 1.29 is 13.2 Å².